The van der Waals surface area contributed by atoms with Crippen LogP contribution in [0.3, 0.4) is 0 Å². The third-order valence-electron chi connectivity index (χ3n) is 3.11. The molecule has 2 rings (SSSR count). The average Bonchev–Trinajstić information content (AvgIpc) is 2.88. The number of hydrogen-bond acceptors (Lipinski definition) is 3. The molecule has 2 heterocycles. The van der Waals surface area contributed by atoms with Gasteiger partial charge in [-0.25, -0.2) is 4.68 Å². The van der Waals surface area contributed by atoms with Crippen molar-refractivity contribution in [3.05, 3.63) is 42.0 Å². The van der Waals surface area contributed by atoms with Gasteiger partial charge in [0.05, 0.1) is 23.3 Å². The SMILES string of the molecule is CNC(C)c1ccc(-n2ccc(C(C)C)n2)cn1. The summed E-state index contributed by atoms with van der Waals surface area (Å²) in [6.07, 6.45) is 3.84. The van der Waals surface area contributed by atoms with Gasteiger partial charge >= 0.3 is 0 Å². The highest BCUT2D eigenvalue weighted by atomic mass is 15.3. The molecule has 2 aromatic heterocycles. The summed E-state index contributed by atoms with van der Waals surface area (Å²) in [6.45, 7) is 6.37. The predicted octanol–water partition coefficient (Wildman–Crippen LogP) is 2.67. The number of pyridine rings is 1. The Morgan fingerprint density at radius 3 is 2.39 bits per heavy atom. The van der Waals surface area contributed by atoms with Gasteiger partial charge in [0.2, 0.25) is 0 Å². The number of nitrogens with one attached hydrogen (secondary N) is 1. The second-order valence-electron chi connectivity index (χ2n) is 4.79. The van der Waals surface area contributed by atoms with Crippen LogP contribution >= 0.6 is 0 Å². The van der Waals surface area contributed by atoms with Crippen molar-refractivity contribution in [3.8, 4) is 5.69 Å². The van der Waals surface area contributed by atoms with E-state index in [4.69, 9.17) is 0 Å². The molecule has 0 saturated heterocycles. The number of rotatable bonds is 4. The first-order valence-corrected chi connectivity index (χ1v) is 6.31. The van der Waals surface area contributed by atoms with Crippen molar-refractivity contribution in [2.24, 2.45) is 0 Å². The molecule has 1 N–H and O–H groups in total. The molecular weight excluding hydrogens is 224 g/mol. The third kappa shape index (κ3) is 2.59. The molecule has 0 fully saturated rings. The molecule has 18 heavy (non-hydrogen) atoms. The molecule has 0 radical (unpaired) electrons. The maximum atomic E-state index is 4.54. The van der Waals surface area contributed by atoms with E-state index in [1.807, 2.05) is 36.3 Å². The largest absolute Gasteiger partial charge is 0.312 e. The van der Waals surface area contributed by atoms with E-state index in [0.29, 0.717) is 5.92 Å². The molecule has 0 aliphatic rings. The highest BCUT2D eigenvalue weighted by Gasteiger charge is 2.07. The second-order valence-corrected chi connectivity index (χ2v) is 4.79. The van der Waals surface area contributed by atoms with E-state index in [0.717, 1.165) is 17.1 Å². The molecule has 1 unspecified atom stereocenters. The molecule has 0 bridgehead atoms. The highest BCUT2D eigenvalue weighted by molar-refractivity contribution is 5.30. The quantitative estimate of drug-likeness (QED) is 0.899. The fraction of sp³-hybridized carbons (Fsp3) is 0.429. The van der Waals surface area contributed by atoms with Gasteiger partial charge in [-0.05, 0) is 38.1 Å². The van der Waals surface area contributed by atoms with Crippen LogP contribution < -0.4 is 5.32 Å². The van der Waals surface area contributed by atoms with Gasteiger partial charge in [-0.15, -0.1) is 0 Å². The van der Waals surface area contributed by atoms with Gasteiger partial charge in [0.1, 0.15) is 0 Å². The molecule has 2 aromatic rings. The first-order valence-electron chi connectivity index (χ1n) is 6.31. The molecule has 0 amide bonds. The summed E-state index contributed by atoms with van der Waals surface area (Å²) in [5, 5.41) is 7.71. The minimum atomic E-state index is 0.267. The lowest BCUT2D eigenvalue weighted by Crippen LogP contribution is -2.13. The van der Waals surface area contributed by atoms with Crippen LogP contribution in [0.2, 0.25) is 0 Å². The van der Waals surface area contributed by atoms with Crippen molar-refractivity contribution >= 4 is 0 Å². The van der Waals surface area contributed by atoms with Crippen LogP contribution in [0.15, 0.2) is 30.6 Å². The number of nitrogens with zero attached hydrogens (tertiary/aromatic N) is 3. The van der Waals surface area contributed by atoms with E-state index in [1.165, 1.54) is 0 Å². The van der Waals surface area contributed by atoms with Crippen LogP contribution in [0.1, 0.15) is 44.1 Å². The van der Waals surface area contributed by atoms with Gasteiger partial charge in [0.25, 0.3) is 0 Å². The summed E-state index contributed by atoms with van der Waals surface area (Å²) in [6, 6.07) is 6.40. The zero-order valence-corrected chi connectivity index (χ0v) is 11.4. The van der Waals surface area contributed by atoms with Crippen molar-refractivity contribution < 1.29 is 0 Å². The van der Waals surface area contributed by atoms with E-state index in [-0.39, 0.29) is 6.04 Å². The number of hydrogen-bond donors (Lipinski definition) is 1. The Morgan fingerprint density at radius 1 is 1.11 bits per heavy atom. The van der Waals surface area contributed by atoms with Crippen LogP contribution in [0.25, 0.3) is 5.69 Å². The fourth-order valence-electron chi connectivity index (χ4n) is 1.73. The summed E-state index contributed by atoms with van der Waals surface area (Å²) in [4.78, 5) is 4.46. The molecule has 0 aromatic carbocycles. The van der Waals surface area contributed by atoms with Crippen molar-refractivity contribution in [2.45, 2.75) is 32.7 Å². The van der Waals surface area contributed by atoms with Gasteiger partial charge in [-0.1, -0.05) is 13.8 Å². The maximum absolute atomic E-state index is 4.54. The molecule has 4 nitrogen and oxygen atoms in total. The lowest BCUT2D eigenvalue weighted by atomic mass is 10.1. The van der Waals surface area contributed by atoms with E-state index in [1.54, 1.807) is 0 Å². The molecular formula is C14H20N4. The van der Waals surface area contributed by atoms with Crippen LogP contribution in [0, 0.1) is 0 Å². The minimum Gasteiger partial charge on any atom is -0.312 e. The van der Waals surface area contributed by atoms with E-state index in [9.17, 15) is 0 Å². The van der Waals surface area contributed by atoms with Gasteiger partial charge in [-0.3, -0.25) is 4.98 Å². The van der Waals surface area contributed by atoms with Crippen molar-refractivity contribution in [1.29, 1.82) is 0 Å². The zero-order valence-electron chi connectivity index (χ0n) is 11.4. The predicted molar refractivity (Wildman–Crippen MR) is 72.9 cm³/mol. The molecule has 0 spiro atoms. The Hall–Kier alpha value is -1.68. The Bertz CT molecular complexity index is 499. The van der Waals surface area contributed by atoms with Gasteiger partial charge in [0.15, 0.2) is 0 Å². The zero-order chi connectivity index (χ0) is 13.1. The van der Waals surface area contributed by atoms with E-state index in [2.05, 4.69) is 42.2 Å². The van der Waals surface area contributed by atoms with Crippen LogP contribution in [-0.4, -0.2) is 21.8 Å². The van der Waals surface area contributed by atoms with Crippen molar-refractivity contribution in [2.75, 3.05) is 7.05 Å². The number of aromatic nitrogens is 3. The normalized spacial score (nSPS) is 12.9. The Balaban J connectivity index is 2.23. The van der Waals surface area contributed by atoms with Crippen molar-refractivity contribution in [3.63, 3.8) is 0 Å². The van der Waals surface area contributed by atoms with Crippen LogP contribution in [0.4, 0.5) is 0 Å². The van der Waals surface area contributed by atoms with Crippen LogP contribution in [-0.2, 0) is 0 Å². The fourth-order valence-corrected chi connectivity index (χ4v) is 1.73. The molecule has 0 aliphatic carbocycles. The van der Waals surface area contributed by atoms with Crippen molar-refractivity contribution in [1.82, 2.24) is 20.1 Å². The summed E-state index contributed by atoms with van der Waals surface area (Å²) in [5.74, 6) is 0.447. The summed E-state index contributed by atoms with van der Waals surface area (Å²) < 4.78 is 1.87. The topological polar surface area (TPSA) is 42.7 Å². The van der Waals surface area contributed by atoms with Gasteiger partial charge in [-0.2, -0.15) is 5.10 Å². The van der Waals surface area contributed by atoms with Gasteiger partial charge in [0, 0.05) is 12.2 Å². The third-order valence-corrected chi connectivity index (χ3v) is 3.11. The molecule has 0 aliphatic heterocycles. The Morgan fingerprint density at radius 2 is 1.89 bits per heavy atom. The standard InChI is InChI=1S/C14H20N4/c1-10(2)13-7-8-18(17-13)12-5-6-14(16-9-12)11(3)15-4/h5-11,15H,1-4H3. The molecule has 4 heteroatoms. The summed E-state index contributed by atoms with van der Waals surface area (Å²) in [5.41, 5.74) is 3.13. The van der Waals surface area contributed by atoms with Crippen LogP contribution in [0.5, 0.6) is 0 Å². The summed E-state index contributed by atoms with van der Waals surface area (Å²) >= 11 is 0. The lowest BCUT2D eigenvalue weighted by molar-refractivity contribution is 0.632. The molecule has 0 saturated carbocycles. The summed E-state index contributed by atoms with van der Waals surface area (Å²) in [7, 11) is 1.93. The molecule has 96 valence electrons. The van der Waals surface area contributed by atoms with E-state index >= 15 is 0 Å². The van der Waals surface area contributed by atoms with E-state index < -0.39 is 0 Å². The first-order chi connectivity index (χ1) is 8.61. The van der Waals surface area contributed by atoms with Gasteiger partial charge < -0.3 is 5.32 Å². The maximum Gasteiger partial charge on any atom is 0.0829 e. The first kappa shape index (κ1) is 12.8. The highest BCUT2D eigenvalue weighted by Crippen LogP contribution is 2.15. The Labute approximate surface area is 108 Å². The monoisotopic (exact) mass is 244 g/mol. The second kappa shape index (κ2) is 5.31. The molecule has 1 atom stereocenters. The average molecular weight is 244 g/mol. The Kier molecular flexibility index (Phi) is 3.77. The smallest absolute Gasteiger partial charge is 0.0829 e. The minimum absolute atomic E-state index is 0.267. The lowest BCUT2D eigenvalue weighted by Gasteiger charge is -2.10.